The van der Waals surface area contributed by atoms with Gasteiger partial charge in [0.05, 0.1) is 12.2 Å². The molecule has 0 spiro atoms. The summed E-state index contributed by atoms with van der Waals surface area (Å²) in [7, 11) is 3.95. The molecule has 5 nitrogen and oxygen atoms in total. The number of rotatable bonds is 5. The Bertz CT molecular complexity index is 1030. The quantitative estimate of drug-likeness (QED) is 0.722. The molecule has 0 radical (unpaired) electrons. The highest BCUT2D eigenvalue weighted by Crippen LogP contribution is 2.38. The van der Waals surface area contributed by atoms with Gasteiger partial charge >= 0.3 is 0 Å². The van der Waals surface area contributed by atoms with E-state index in [0.29, 0.717) is 12.1 Å². The van der Waals surface area contributed by atoms with Gasteiger partial charge in [-0.25, -0.2) is 0 Å². The fourth-order valence-electron chi connectivity index (χ4n) is 3.63. The van der Waals surface area contributed by atoms with Crippen molar-refractivity contribution in [1.82, 2.24) is 10.3 Å². The Labute approximate surface area is 171 Å². The van der Waals surface area contributed by atoms with Gasteiger partial charge in [0.1, 0.15) is 11.9 Å². The number of aromatic nitrogens is 1. The number of nitrogens with one attached hydrogen (secondary N) is 1. The Kier molecular flexibility index (Phi) is 5.21. The van der Waals surface area contributed by atoms with Gasteiger partial charge in [0, 0.05) is 43.5 Å². The topological polar surface area (TPSA) is 54.5 Å². The first-order valence-electron chi connectivity index (χ1n) is 9.79. The lowest BCUT2D eigenvalue weighted by Crippen LogP contribution is -2.34. The lowest BCUT2D eigenvalue weighted by Gasteiger charge is -2.15. The minimum Gasteiger partial charge on any atom is -0.487 e. The van der Waals surface area contributed by atoms with Crippen molar-refractivity contribution in [2.75, 3.05) is 25.5 Å². The summed E-state index contributed by atoms with van der Waals surface area (Å²) in [5.41, 5.74) is 5.93. The van der Waals surface area contributed by atoms with Crippen molar-refractivity contribution in [2.45, 2.75) is 19.4 Å². The first-order valence-corrected chi connectivity index (χ1v) is 9.79. The summed E-state index contributed by atoms with van der Waals surface area (Å²) in [6.07, 6.45) is 2.49. The standard InChI is InChI=1S/C24H25N3O2/c1-16-6-5-13-25-22(16)21-8-4-7-18-14-20(29-23(18)21)15-26-24(28)17-9-11-19(12-10-17)27(2)3/h4-13,20H,14-15H2,1-3H3,(H,26,28). The number of fused-ring (bicyclic) bond motifs is 1. The Balaban J connectivity index is 1.43. The SMILES string of the molecule is Cc1cccnc1-c1cccc2c1OC(CNC(=O)c1ccc(N(C)C)cc1)C2. The summed E-state index contributed by atoms with van der Waals surface area (Å²) in [4.78, 5) is 19.0. The molecule has 1 aliphatic heterocycles. The van der Waals surface area contributed by atoms with Crippen LogP contribution in [-0.4, -0.2) is 37.6 Å². The van der Waals surface area contributed by atoms with Crippen molar-refractivity contribution in [3.05, 3.63) is 77.5 Å². The molecule has 0 bridgehead atoms. The number of ether oxygens (including phenoxy) is 1. The van der Waals surface area contributed by atoms with Crippen LogP contribution >= 0.6 is 0 Å². The molecule has 1 N–H and O–H groups in total. The average molecular weight is 387 g/mol. The summed E-state index contributed by atoms with van der Waals surface area (Å²) in [5.74, 6) is 0.791. The third-order valence-corrected chi connectivity index (χ3v) is 5.23. The molecule has 3 aromatic rings. The van der Waals surface area contributed by atoms with E-state index in [0.717, 1.165) is 40.2 Å². The molecule has 0 fully saturated rings. The van der Waals surface area contributed by atoms with Gasteiger partial charge in [-0.05, 0) is 54.4 Å². The number of nitrogens with zero attached hydrogens (tertiary/aromatic N) is 2. The van der Waals surface area contributed by atoms with Gasteiger partial charge in [-0.2, -0.15) is 0 Å². The molecule has 0 aliphatic carbocycles. The van der Waals surface area contributed by atoms with Crippen molar-refractivity contribution in [1.29, 1.82) is 0 Å². The van der Waals surface area contributed by atoms with Gasteiger partial charge < -0.3 is 15.0 Å². The molecule has 2 heterocycles. The highest BCUT2D eigenvalue weighted by atomic mass is 16.5. The van der Waals surface area contributed by atoms with Crippen molar-refractivity contribution < 1.29 is 9.53 Å². The van der Waals surface area contributed by atoms with Crippen LogP contribution in [0.15, 0.2) is 60.8 Å². The molecule has 4 rings (SSSR count). The lowest BCUT2D eigenvalue weighted by molar-refractivity contribution is 0.0933. The van der Waals surface area contributed by atoms with E-state index in [2.05, 4.69) is 29.4 Å². The van der Waals surface area contributed by atoms with E-state index in [9.17, 15) is 4.79 Å². The summed E-state index contributed by atoms with van der Waals surface area (Å²) in [6.45, 7) is 2.51. The van der Waals surface area contributed by atoms with E-state index < -0.39 is 0 Å². The molecule has 1 amide bonds. The Morgan fingerprint density at radius 3 is 2.66 bits per heavy atom. The summed E-state index contributed by atoms with van der Waals surface area (Å²) in [6, 6.07) is 17.7. The van der Waals surface area contributed by atoms with Crippen LogP contribution < -0.4 is 15.0 Å². The number of amides is 1. The monoisotopic (exact) mass is 387 g/mol. The molecule has 1 unspecified atom stereocenters. The van der Waals surface area contributed by atoms with Crippen molar-refractivity contribution in [3.8, 4) is 17.0 Å². The number of anilines is 1. The van der Waals surface area contributed by atoms with E-state index in [-0.39, 0.29) is 12.0 Å². The average Bonchev–Trinajstić information content (AvgIpc) is 3.16. The van der Waals surface area contributed by atoms with Crippen LogP contribution in [0.2, 0.25) is 0 Å². The maximum atomic E-state index is 12.5. The van der Waals surface area contributed by atoms with Crippen LogP contribution in [0.3, 0.4) is 0 Å². The first-order chi connectivity index (χ1) is 14.0. The van der Waals surface area contributed by atoms with Gasteiger partial charge in [-0.3, -0.25) is 9.78 Å². The Hall–Kier alpha value is -3.34. The third-order valence-electron chi connectivity index (χ3n) is 5.23. The Morgan fingerprint density at radius 2 is 1.93 bits per heavy atom. The zero-order chi connectivity index (χ0) is 20.4. The molecule has 148 valence electrons. The molecule has 29 heavy (non-hydrogen) atoms. The predicted molar refractivity (Wildman–Crippen MR) is 116 cm³/mol. The molecule has 1 aromatic heterocycles. The maximum Gasteiger partial charge on any atom is 0.251 e. The van der Waals surface area contributed by atoms with Gasteiger partial charge in [0.15, 0.2) is 0 Å². The number of aryl methyl sites for hydroxylation is 1. The van der Waals surface area contributed by atoms with Gasteiger partial charge in [0.25, 0.3) is 5.91 Å². The van der Waals surface area contributed by atoms with Crippen molar-refractivity contribution >= 4 is 11.6 Å². The largest absolute Gasteiger partial charge is 0.487 e. The van der Waals surface area contributed by atoms with Crippen LogP contribution in [0.1, 0.15) is 21.5 Å². The van der Waals surface area contributed by atoms with Crippen molar-refractivity contribution in [2.24, 2.45) is 0 Å². The number of benzene rings is 2. The zero-order valence-electron chi connectivity index (χ0n) is 17.0. The second-order valence-electron chi connectivity index (χ2n) is 7.56. The molecule has 0 saturated carbocycles. The zero-order valence-corrected chi connectivity index (χ0v) is 17.0. The fourth-order valence-corrected chi connectivity index (χ4v) is 3.63. The molecular formula is C24H25N3O2. The van der Waals surface area contributed by atoms with Crippen LogP contribution in [0.25, 0.3) is 11.3 Å². The van der Waals surface area contributed by atoms with E-state index in [4.69, 9.17) is 4.74 Å². The summed E-state index contributed by atoms with van der Waals surface area (Å²) < 4.78 is 6.22. The number of carbonyl (C=O) groups is 1. The Morgan fingerprint density at radius 1 is 1.14 bits per heavy atom. The highest BCUT2D eigenvalue weighted by Gasteiger charge is 2.27. The number of hydrogen-bond donors (Lipinski definition) is 1. The van der Waals surface area contributed by atoms with Crippen LogP contribution in [0, 0.1) is 6.92 Å². The fraction of sp³-hybridized carbons (Fsp3) is 0.250. The highest BCUT2D eigenvalue weighted by molar-refractivity contribution is 5.94. The molecule has 2 aromatic carbocycles. The minimum atomic E-state index is -0.0874. The van der Waals surface area contributed by atoms with Crippen LogP contribution in [-0.2, 0) is 6.42 Å². The number of pyridine rings is 1. The van der Waals surface area contributed by atoms with Crippen LogP contribution in [0.4, 0.5) is 5.69 Å². The smallest absolute Gasteiger partial charge is 0.251 e. The number of carbonyl (C=O) groups excluding carboxylic acids is 1. The summed E-state index contributed by atoms with van der Waals surface area (Å²) in [5, 5.41) is 3.00. The molecule has 5 heteroatoms. The molecular weight excluding hydrogens is 362 g/mol. The molecule has 1 aliphatic rings. The lowest BCUT2D eigenvalue weighted by atomic mass is 10.0. The normalized spacial score (nSPS) is 14.8. The minimum absolute atomic E-state index is 0.0832. The van der Waals surface area contributed by atoms with E-state index in [1.807, 2.05) is 61.5 Å². The maximum absolute atomic E-state index is 12.5. The first kappa shape index (κ1) is 19.0. The third kappa shape index (κ3) is 3.94. The van der Waals surface area contributed by atoms with E-state index in [1.54, 1.807) is 6.20 Å². The second-order valence-corrected chi connectivity index (χ2v) is 7.56. The second kappa shape index (κ2) is 7.95. The summed E-state index contributed by atoms with van der Waals surface area (Å²) >= 11 is 0. The molecule has 0 saturated heterocycles. The predicted octanol–water partition coefficient (Wildman–Crippen LogP) is 3.86. The van der Waals surface area contributed by atoms with E-state index >= 15 is 0 Å². The number of para-hydroxylation sites is 1. The van der Waals surface area contributed by atoms with E-state index in [1.165, 1.54) is 0 Å². The number of hydrogen-bond acceptors (Lipinski definition) is 4. The van der Waals surface area contributed by atoms with Crippen LogP contribution in [0.5, 0.6) is 5.75 Å². The van der Waals surface area contributed by atoms with Gasteiger partial charge in [-0.15, -0.1) is 0 Å². The van der Waals surface area contributed by atoms with Gasteiger partial charge in [-0.1, -0.05) is 18.2 Å². The van der Waals surface area contributed by atoms with Crippen molar-refractivity contribution in [3.63, 3.8) is 0 Å². The van der Waals surface area contributed by atoms with Gasteiger partial charge in [0.2, 0.25) is 0 Å². The molecule has 1 atom stereocenters.